The van der Waals surface area contributed by atoms with Crippen LogP contribution in [-0.2, 0) is 22.4 Å². The number of aryl methyl sites for hydroxylation is 2. The number of nitrogens with one attached hydrogen (secondary N) is 2. The summed E-state index contributed by atoms with van der Waals surface area (Å²) in [5.41, 5.74) is 3.48. The van der Waals surface area contributed by atoms with Gasteiger partial charge in [0.1, 0.15) is 0 Å². The molecule has 1 heterocycles. The molecule has 2 N–H and O–H groups in total. The highest BCUT2D eigenvalue weighted by Crippen LogP contribution is 2.25. The third-order valence-electron chi connectivity index (χ3n) is 5.80. The van der Waals surface area contributed by atoms with Gasteiger partial charge in [0.25, 0.3) is 0 Å². The van der Waals surface area contributed by atoms with Crippen LogP contribution in [0.3, 0.4) is 0 Å². The van der Waals surface area contributed by atoms with E-state index in [9.17, 15) is 9.59 Å². The van der Waals surface area contributed by atoms with Gasteiger partial charge in [0.2, 0.25) is 11.8 Å². The molecule has 1 aliphatic heterocycles. The number of carbonyl (C=O) groups is 2. The quantitative estimate of drug-likeness (QED) is 0.797. The van der Waals surface area contributed by atoms with Gasteiger partial charge >= 0.3 is 0 Å². The topological polar surface area (TPSA) is 64.7 Å². The molecule has 0 bridgehead atoms. The highest BCUT2D eigenvalue weighted by molar-refractivity contribution is 5.94. The van der Waals surface area contributed by atoms with Crippen LogP contribution in [0.25, 0.3) is 0 Å². The third-order valence-corrected chi connectivity index (χ3v) is 5.80. The molecule has 1 fully saturated rings. The van der Waals surface area contributed by atoms with Crippen LogP contribution < -0.4 is 10.6 Å². The Hall–Kier alpha value is -1.92. The zero-order valence-electron chi connectivity index (χ0n) is 18.4. The fourth-order valence-electron chi connectivity index (χ4n) is 4.26. The number of anilines is 1. The molecule has 1 atom stereocenters. The molecule has 1 unspecified atom stereocenters. The average molecular weight is 401 g/mol. The van der Waals surface area contributed by atoms with Crippen molar-refractivity contribution in [2.75, 3.05) is 38.0 Å². The SMILES string of the molecule is CC(C(=O)Nc1ccc2c(c1)CCC2)N1CCCN(CC(=O)NC(C)(C)C)CC1. The Bertz CT molecular complexity index is 741. The summed E-state index contributed by atoms with van der Waals surface area (Å²) in [7, 11) is 0. The number of carbonyl (C=O) groups excluding carboxylic acids is 2. The summed E-state index contributed by atoms with van der Waals surface area (Å²) in [5.74, 6) is 0.107. The number of benzene rings is 1. The summed E-state index contributed by atoms with van der Waals surface area (Å²) in [4.78, 5) is 29.4. The van der Waals surface area contributed by atoms with Gasteiger partial charge in [-0.15, -0.1) is 0 Å². The van der Waals surface area contributed by atoms with E-state index < -0.39 is 0 Å². The molecule has 1 saturated heterocycles. The Balaban J connectivity index is 1.50. The number of hydrogen-bond donors (Lipinski definition) is 2. The second-order valence-electron chi connectivity index (χ2n) is 9.47. The summed E-state index contributed by atoms with van der Waals surface area (Å²) >= 11 is 0. The molecule has 29 heavy (non-hydrogen) atoms. The maximum absolute atomic E-state index is 12.8. The average Bonchev–Trinajstić information content (AvgIpc) is 2.97. The summed E-state index contributed by atoms with van der Waals surface area (Å²) in [6.07, 6.45) is 4.43. The first kappa shape index (κ1) is 21.8. The summed E-state index contributed by atoms with van der Waals surface area (Å²) in [5, 5.41) is 6.13. The third kappa shape index (κ3) is 6.28. The minimum atomic E-state index is -0.209. The normalized spacial score (nSPS) is 19.3. The Labute approximate surface area is 175 Å². The van der Waals surface area contributed by atoms with Gasteiger partial charge in [0.15, 0.2) is 0 Å². The van der Waals surface area contributed by atoms with E-state index in [-0.39, 0.29) is 23.4 Å². The van der Waals surface area contributed by atoms with Crippen LogP contribution in [0.5, 0.6) is 0 Å². The van der Waals surface area contributed by atoms with Crippen molar-refractivity contribution >= 4 is 17.5 Å². The van der Waals surface area contributed by atoms with Crippen LogP contribution in [0, 0.1) is 0 Å². The van der Waals surface area contributed by atoms with E-state index in [0.717, 1.165) is 51.1 Å². The Morgan fingerprint density at radius 3 is 2.55 bits per heavy atom. The maximum atomic E-state index is 12.8. The molecule has 0 aromatic heterocycles. The minimum absolute atomic E-state index is 0.0434. The number of hydrogen-bond acceptors (Lipinski definition) is 4. The van der Waals surface area contributed by atoms with Gasteiger partial charge in [-0.05, 0) is 83.2 Å². The van der Waals surface area contributed by atoms with Crippen molar-refractivity contribution < 1.29 is 9.59 Å². The molecule has 1 aromatic carbocycles. The van der Waals surface area contributed by atoms with Crippen molar-refractivity contribution in [1.29, 1.82) is 0 Å². The first-order valence-electron chi connectivity index (χ1n) is 10.9. The largest absolute Gasteiger partial charge is 0.350 e. The van der Waals surface area contributed by atoms with E-state index in [4.69, 9.17) is 0 Å². The van der Waals surface area contributed by atoms with E-state index in [0.29, 0.717) is 6.54 Å². The van der Waals surface area contributed by atoms with Crippen molar-refractivity contribution in [2.45, 2.75) is 65.0 Å². The van der Waals surface area contributed by atoms with Crippen LogP contribution >= 0.6 is 0 Å². The lowest BCUT2D eigenvalue weighted by Crippen LogP contribution is -2.47. The number of nitrogens with zero attached hydrogens (tertiary/aromatic N) is 2. The molecule has 6 nitrogen and oxygen atoms in total. The van der Waals surface area contributed by atoms with Crippen LogP contribution in [0.15, 0.2) is 18.2 Å². The molecule has 160 valence electrons. The van der Waals surface area contributed by atoms with E-state index in [2.05, 4.69) is 32.6 Å². The first-order valence-corrected chi connectivity index (χ1v) is 10.9. The minimum Gasteiger partial charge on any atom is -0.350 e. The van der Waals surface area contributed by atoms with E-state index in [1.54, 1.807) is 0 Å². The lowest BCUT2D eigenvalue weighted by atomic mass is 10.1. The molecule has 0 radical (unpaired) electrons. The van der Waals surface area contributed by atoms with Crippen molar-refractivity contribution in [2.24, 2.45) is 0 Å². The van der Waals surface area contributed by atoms with E-state index in [1.807, 2.05) is 33.8 Å². The molecule has 0 saturated carbocycles. The van der Waals surface area contributed by atoms with E-state index >= 15 is 0 Å². The lowest BCUT2D eigenvalue weighted by molar-refractivity contribution is -0.124. The monoisotopic (exact) mass is 400 g/mol. The van der Waals surface area contributed by atoms with Crippen LogP contribution in [-0.4, -0.2) is 65.9 Å². The van der Waals surface area contributed by atoms with E-state index in [1.165, 1.54) is 17.5 Å². The fourth-order valence-corrected chi connectivity index (χ4v) is 4.26. The fraction of sp³-hybridized carbons (Fsp3) is 0.652. The van der Waals surface area contributed by atoms with Gasteiger partial charge in [-0.1, -0.05) is 6.07 Å². The molecule has 0 spiro atoms. The zero-order chi connectivity index (χ0) is 21.0. The standard InChI is InChI=1S/C23H36N4O2/c1-17(22(29)24-20-10-9-18-7-5-8-19(18)15-20)27-12-6-11-26(13-14-27)16-21(28)25-23(2,3)4/h9-10,15,17H,5-8,11-14,16H2,1-4H3,(H,24,29)(H,25,28). The maximum Gasteiger partial charge on any atom is 0.241 e. The van der Waals surface area contributed by atoms with Crippen molar-refractivity contribution in [3.63, 3.8) is 0 Å². The molecule has 1 aromatic rings. The summed E-state index contributed by atoms with van der Waals surface area (Å²) in [6.45, 7) is 11.7. The Kier molecular flexibility index (Phi) is 6.96. The lowest BCUT2D eigenvalue weighted by Gasteiger charge is -2.27. The summed E-state index contributed by atoms with van der Waals surface area (Å²) < 4.78 is 0. The van der Waals surface area contributed by atoms with Crippen LogP contribution in [0.1, 0.15) is 51.7 Å². The molecular formula is C23H36N4O2. The van der Waals surface area contributed by atoms with Crippen molar-refractivity contribution in [3.05, 3.63) is 29.3 Å². The van der Waals surface area contributed by atoms with Gasteiger partial charge in [-0.25, -0.2) is 0 Å². The van der Waals surface area contributed by atoms with Crippen molar-refractivity contribution in [1.82, 2.24) is 15.1 Å². The second-order valence-corrected chi connectivity index (χ2v) is 9.47. The Morgan fingerprint density at radius 2 is 1.79 bits per heavy atom. The molecule has 1 aliphatic carbocycles. The van der Waals surface area contributed by atoms with Crippen LogP contribution in [0.4, 0.5) is 5.69 Å². The highest BCUT2D eigenvalue weighted by atomic mass is 16.2. The molecule has 2 amide bonds. The molecular weight excluding hydrogens is 364 g/mol. The van der Waals surface area contributed by atoms with Gasteiger partial charge in [-0.3, -0.25) is 19.4 Å². The smallest absolute Gasteiger partial charge is 0.241 e. The Morgan fingerprint density at radius 1 is 1.03 bits per heavy atom. The summed E-state index contributed by atoms with van der Waals surface area (Å²) in [6, 6.07) is 6.11. The molecule has 2 aliphatic rings. The predicted octanol–water partition coefficient (Wildman–Crippen LogP) is 2.42. The zero-order valence-corrected chi connectivity index (χ0v) is 18.4. The van der Waals surface area contributed by atoms with Crippen LogP contribution in [0.2, 0.25) is 0 Å². The number of amides is 2. The number of fused-ring (bicyclic) bond motifs is 1. The number of rotatable bonds is 5. The van der Waals surface area contributed by atoms with Gasteiger partial charge in [-0.2, -0.15) is 0 Å². The molecule has 6 heteroatoms. The first-order chi connectivity index (χ1) is 13.7. The molecule has 3 rings (SSSR count). The highest BCUT2D eigenvalue weighted by Gasteiger charge is 2.25. The van der Waals surface area contributed by atoms with Crippen molar-refractivity contribution in [3.8, 4) is 0 Å². The second kappa shape index (κ2) is 9.26. The van der Waals surface area contributed by atoms with Gasteiger partial charge < -0.3 is 10.6 Å². The predicted molar refractivity (Wildman–Crippen MR) is 117 cm³/mol. The van der Waals surface area contributed by atoms with Gasteiger partial charge in [0, 0.05) is 30.9 Å². The van der Waals surface area contributed by atoms with Gasteiger partial charge in [0.05, 0.1) is 12.6 Å².